The summed E-state index contributed by atoms with van der Waals surface area (Å²) in [5.41, 5.74) is 8.98. The Morgan fingerprint density at radius 2 is 2.21 bits per heavy atom. The summed E-state index contributed by atoms with van der Waals surface area (Å²) in [6, 6.07) is 7.24. The molecule has 2 rings (SSSR count). The molecule has 5 nitrogen and oxygen atoms in total. The fourth-order valence-corrected chi connectivity index (χ4v) is 1.99. The molecule has 3 N–H and O–H groups in total. The third-order valence-corrected chi connectivity index (χ3v) is 3.08. The van der Waals surface area contributed by atoms with Gasteiger partial charge in [0.15, 0.2) is 0 Å². The van der Waals surface area contributed by atoms with E-state index in [0.29, 0.717) is 17.8 Å². The summed E-state index contributed by atoms with van der Waals surface area (Å²) in [5, 5.41) is 6.99. The van der Waals surface area contributed by atoms with Gasteiger partial charge in [0.05, 0.1) is 0 Å². The molecule has 0 aliphatic rings. The molecular weight excluding hydrogens is 240 g/mol. The monoisotopic (exact) mass is 258 g/mol. The Bertz CT molecular complexity index is 589. The summed E-state index contributed by atoms with van der Waals surface area (Å²) in [5.74, 6) is -0.0698. The number of benzene rings is 1. The largest absolute Gasteiger partial charge is 0.399 e. The maximum Gasteiger partial charge on any atom is 0.251 e. The first kappa shape index (κ1) is 13.1. The lowest BCUT2D eigenvalue weighted by atomic mass is 10.1. The van der Waals surface area contributed by atoms with Gasteiger partial charge in [-0.15, -0.1) is 0 Å². The summed E-state index contributed by atoms with van der Waals surface area (Å²) in [4.78, 5) is 12.0. The standard InChI is InChI=1S/C14H18N4O/c1-10-9-11(15)3-4-13(10)14(19)16-7-5-12-6-8-17-18(12)2/h3-4,6,8-9H,5,7,15H2,1-2H3,(H,16,19). The van der Waals surface area contributed by atoms with Crippen molar-refractivity contribution >= 4 is 11.6 Å². The van der Waals surface area contributed by atoms with Crippen LogP contribution in [0.5, 0.6) is 0 Å². The molecule has 0 unspecified atom stereocenters. The summed E-state index contributed by atoms with van der Waals surface area (Å²) in [6.07, 6.45) is 2.51. The van der Waals surface area contributed by atoms with Gasteiger partial charge in [-0.3, -0.25) is 9.48 Å². The van der Waals surface area contributed by atoms with E-state index in [9.17, 15) is 4.79 Å². The summed E-state index contributed by atoms with van der Waals surface area (Å²) < 4.78 is 1.81. The molecule has 1 aromatic carbocycles. The van der Waals surface area contributed by atoms with E-state index in [2.05, 4.69) is 10.4 Å². The fourth-order valence-electron chi connectivity index (χ4n) is 1.99. The van der Waals surface area contributed by atoms with Crippen LogP contribution < -0.4 is 11.1 Å². The normalized spacial score (nSPS) is 10.4. The Kier molecular flexibility index (Phi) is 3.85. The van der Waals surface area contributed by atoms with Crippen molar-refractivity contribution in [3.05, 3.63) is 47.3 Å². The first-order chi connectivity index (χ1) is 9.08. The van der Waals surface area contributed by atoms with Crippen LogP contribution in [0.4, 0.5) is 5.69 Å². The second kappa shape index (κ2) is 5.56. The molecule has 0 atom stereocenters. The maximum absolute atomic E-state index is 12.0. The number of hydrogen-bond acceptors (Lipinski definition) is 3. The molecule has 0 bridgehead atoms. The lowest BCUT2D eigenvalue weighted by Crippen LogP contribution is -2.26. The molecule has 100 valence electrons. The molecule has 0 radical (unpaired) electrons. The number of hydrogen-bond donors (Lipinski definition) is 2. The van der Waals surface area contributed by atoms with Crippen molar-refractivity contribution in [3.63, 3.8) is 0 Å². The number of nitrogen functional groups attached to an aromatic ring is 1. The van der Waals surface area contributed by atoms with Gasteiger partial charge >= 0.3 is 0 Å². The van der Waals surface area contributed by atoms with Crippen LogP contribution in [0.1, 0.15) is 21.6 Å². The number of carbonyl (C=O) groups is 1. The van der Waals surface area contributed by atoms with Crippen molar-refractivity contribution in [1.29, 1.82) is 0 Å². The first-order valence-electron chi connectivity index (χ1n) is 6.19. The molecule has 1 aromatic heterocycles. The van der Waals surface area contributed by atoms with Gasteiger partial charge in [-0.05, 0) is 36.8 Å². The van der Waals surface area contributed by atoms with E-state index in [4.69, 9.17) is 5.73 Å². The molecule has 19 heavy (non-hydrogen) atoms. The number of aryl methyl sites for hydroxylation is 2. The van der Waals surface area contributed by atoms with Crippen molar-refractivity contribution in [1.82, 2.24) is 15.1 Å². The average molecular weight is 258 g/mol. The van der Waals surface area contributed by atoms with Gasteiger partial charge in [0.25, 0.3) is 5.91 Å². The second-order valence-corrected chi connectivity index (χ2v) is 4.53. The zero-order chi connectivity index (χ0) is 13.8. The van der Waals surface area contributed by atoms with Gasteiger partial charge in [-0.25, -0.2) is 0 Å². The maximum atomic E-state index is 12.0. The second-order valence-electron chi connectivity index (χ2n) is 4.53. The fraction of sp³-hybridized carbons (Fsp3) is 0.286. The van der Waals surface area contributed by atoms with E-state index >= 15 is 0 Å². The smallest absolute Gasteiger partial charge is 0.251 e. The highest BCUT2D eigenvalue weighted by Crippen LogP contribution is 2.12. The van der Waals surface area contributed by atoms with E-state index < -0.39 is 0 Å². The quantitative estimate of drug-likeness (QED) is 0.811. The van der Waals surface area contributed by atoms with Crippen LogP contribution >= 0.6 is 0 Å². The molecule has 0 aliphatic carbocycles. The minimum Gasteiger partial charge on any atom is -0.399 e. The van der Waals surface area contributed by atoms with E-state index in [1.165, 1.54) is 0 Å². The van der Waals surface area contributed by atoms with Gasteiger partial charge < -0.3 is 11.1 Å². The highest BCUT2D eigenvalue weighted by molar-refractivity contribution is 5.95. The van der Waals surface area contributed by atoms with Crippen LogP contribution in [-0.2, 0) is 13.5 Å². The van der Waals surface area contributed by atoms with Gasteiger partial charge in [-0.1, -0.05) is 0 Å². The van der Waals surface area contributed by atoms with E-state index in [1.807, 2.05) is 20.0 Å². The van der Waals surface area contributed by atoms with E-state index in [-0.39, 0.29) is 5.91 Å². The minimum absolute atomic E-state index is 0.0698. The van der Waals surface area contributed by atoms with Gasteiger partial charge in [-0.2, -0.15) is 5.10 Å². The van der Waals surface area contributed by atoms with E-state index in [1.54, 1.807) is 29.1 Å². The highest BCUT2D eigenvalue weighted by Gasteiger charge is 2.08. The molecule has 0 saturated heterocycles. The Labute approximate surface area is 112 Å². The topological polar surface area (TPSA) is 72.9 Å². The first-order valence-corrected chi connectivity index (χ1v) is 6.19. The number of rotatable bonds is 4. The Hall–Kier alpha value is -2.30. The van der Waals surface area contributed by atoms with Crippen molar-refractivity contribution in [3.8, 4) is 0 Å². The molecule has 0 aliphatic heterocycles. The van der Waals surface area contributed by atoms with Crippen LogP contribution in [0.25, 0.3) is 0 Å². The third-order valence-electron chi connectivity index (χ3n) is 3.08. The number of aromatic nitrogens is 2. The van der Waals surface area contributed by atoms with Crippen molar-refractivity contribution in [2.75, 3.05) is 12.3 Å². The number of nitrogens with one attached hydrogen (secondary N) is 1. The molecule has 1 amide bonds. The third kappa shape index (κ3) is 3.13. The Morgan fingerprint density at radius 1 is 1.42 bits per heavy atom. The Morgan fingerprint density at radius 3 is 2.84 bits per heavy atom. The van der Waals surface area contributed by atoms with Crippen LogP contribution in [0.2, 0.25) is 0 Å². The number of carbonyl (C=O) groups excluding carboxylic acids is 1. The van der Waals surface area contributed by atoms with Crippen molar-refractivity contribution in [2.24, 2.45) is 7.05 Å². The predicted octanol–water partition coefficient (Wildman–Crippen LogP) is 1.28. The zero-order valence-corrected chi connectivity index (χ0v) is 11.2. The lowest BCUT2D eigenvalue weighted by Gasteiger charge is -2.08. The Balaban J connectivity index is 1.93. The zero-order valence-electron chi connectivity index (χ0n) is 11.2. The molecule has 0 spiro atoms. The molecule has 0 fully saturated rings. The predicted molar refractivity (Wildman–Crippen MR) is 74.8 cm³/mol. The number of nitrogens with two attached hydrogens (primary N) is 1. The van der Waals surface area contributed by atoms with Crippen LogP contribution in [0.3, 0.4) is 0 Å². The van der Waals surface area contributed by atoms with E-state index in [0.717, 1.165) is 17.7 Å². The summed E-state index contributed by atoms with van der Waals surface area (Å²) in [6.45, 7) is 2.47. The van der Waals surface area contributed by atoms with Gasteiger partial charge in [0, 0.05) is 43.2 Å². The van der Waals surface area contributed by atoms with Gasteiger partial charge in [0.2, 0.25) is 0 Å². The number of nitrogens with zero attached hydrogens (tertiary/aromatic N) is 2. The lowest BCUT2D eigenvalue weighted by molar-refractivity contribution is 0.0953. The van der Waals surface area contributed by atoms with Crippen LogP contribution in [-0.4, -0.2) is 22.2 Å². The molecule has 1 heterocycles. The minimum atomic E-state index is -0.0698. The molecular formula is C14H18N4O. The average Bonchev–Trinajstić information content (AvgIpc) is 2.75. The number of anilines is 1. The van der Waals surface area contributed by atoms with Crippen LogP contribution in [0, 0.1) is 6.92 Å². The summed E-state index contributed by atoms with van der Waals surface area (Å²) >= 11 is 0. The number of amides is 1. The van der Waals surface area contributed by atoms with Crippen molar-refractivity contribution in [2.45, 2.75) is 13.3 Å². The van der Waals surface area contributed by atoms with Crippen LogP contribution in [0.15, 0.2) is 30.5 Å². The molecule has 0 saturated carbocycles. The SMILES string of the molecule is Cc1cc(N)ccc1C(=O)NCCc1ccnn1C. The molecule has 5 heteroatoms. The molecule has 2 aromatic rings. The summed E-state index contributed by atoms with van der Waals surface area (Å²) in [7, 11) is 1.89. The highest BCUT2D eigenvalue weighted by atomic mass is 16.1. The van der Waals surface area contributed by atoms with Gasteiger partial charge in [0.1, 0.15) is 0 Å². The van der Waals surface area contributed by atoms with Crippen molar-refractivity contribution < 1.29 is 4.79 Å².